The SMILES string of the molecule is CC(NCC1(C)CCN(C(=O)OC(C)(C)C)CC1)C1CC2C=CC1C2. The van der Waals surface area contributed by atoms with Gasteiger partial charge in [0.15, 0.2) is 0 Å². The Bertz CT molecular complexity index is 514. The van der Waals surface area contributed by atoms with Crippen molar-refractivity contribution in [3.63, 3.8) is 0 Å². The summed E-state index contributed by atoms with van der Waals surface area (Å²) in [4.78, 5) is 14.1. The van der Waals surface area contributed by atoms with Crippen molar-refractivity contribution in [3.8, 4) is 0 Å². The molecule has 4 nitrogen and oxygen atoms in total. The van der Waals surface area contributed by atoms with Crippen molar-refractivity contribution in [2.45, 2.75) is 71.9 Å². The van der Waals surface area contributed by atoms with Crippen LogP contribution >= 0.6 is 0 Å². The summed E-state index contributed by atoms with van der Waals surface area (Å²) in [6.07, 6.45) is 9.52. The molecule has 1 amide bonds. The van der Waals surface area contributed by atoms with Crippen LogP contribution in [0.4, 0.5) is 4.79 Å². The lowest BCUT2D eigenvalue weighted by molar-refractivity contribution is 0.0115. The number of likely N-dealkylation sites (tertiary alicyclic amines) is 1. The van der Waals surface area contributed by atoms with Crippen LogP contribution in [0, 0.1) is 23.2 Å². The van der Waals surface area contributed by atoms with E-state index >= 15 is 0 Å². The van der Waals surface area contributed by atoms with Crippen molar-refractivity contribution in [1.82, 2.24) is 10.2 Å². The van der Waals surface area contributed by atoms with Gasteiger partial charge in [0.1, 0.15) is 5.60 Å². The first-order valence-electron chi connectivity index (χ1n) is 10.0. The van der Waals surface area contributed by atoms with Crippen molar-refractivity contribution in [1.29, 1.82) is 0 Å². The molecule has 4 heteroatoms. The molecule has 142 valence electrons. The molecule has 25 heavy (non-hydrogen) atoms. The maximum atomic E-state index is 12.2. The standard InChI is InChI=1S/C21H36N2O2/c1-15(18-13-16-6-7-17(18)12-16)22-14-21(5)8-10-23(11-9-21)19(24)25-20(2,3)4/h6-7,15-18,22H,8-14H2,1-5H3. The lowest BCUT2D eigenvalue weighted by Gasteiger charge is -2.41. The Balaban J connectivity index is 1.43. The fourth-order valence-corrected chi connectivity index (χ4v) is 4.69. The Morgan fingerprint density at radius 3 is 2.48 bits per heavy atom. The average Bonchev–Trinajstić information content (AvgIpc) is 3.14. The van der Waals surface area contributed by atoms with E-state index in [1.165, 1.54) is 12.8 Å². The predicted molar refractivity (Wildman–Crippen MR) is 101 cm³/mol. The van der Waals surface area contributed by atoms with E-state index in [0.717, 1.165) is 50.2 Å². The van der Waals surface area contributed by atoms with Gasteiger partial charge >= 0.3 is 6.09 Å². The number of rotatable bonds is 4. The van der Waals surface area contributed by atoms with Gasteiger partial charge in [-0.3, -0.25) is 0 Å². The number of piperidine rings is 1. The molecule has 1 aliphatic heterocycles. The highest BCUT2D eigenvalue weighted by molar-refractivity contribution is 5.68. The fourth-order valence-electron chi connectivity index (χ4n) is 4.69. The van der Waals surface area contributed by atoms with Gasteiger partial charge in [-0.15, -0.1) is 0 Å². The Labute approximate surface area is 153 Å². The molecule has 2 aliphatic carbocycles. The summed E-state index contributed by atoms with van der Waals surface area (Å²) < 4.78 is 5.50. The number of carbonyl (C=O) groups is 1. The number of nitrogens with one attached hydrogen (secondary N) is 1. The molecule has 2 fully saturated rings. The molecule has 4 unspecified atom stereocenters. The minimum atomic E-state index is -0.413. The largest absolute Gasteiger partial charge is 0.444 e. The molecular formula is C21H36N2O2. The number of carbonyl (C=O) groups excluding carboxylic acids is 1. The number of nitrogens with zero attached hydrogens (tertiary/aromatic N) is 1. The van der Waals surface area contributed by atoms with Gasteiger partial charge in [0.05, 0.1) is 0 Å². The maximum Gasteiger partial charge on any atom is 0.410 e. The van der Waals surface area contributed by atoms with Crippen LogP contribution in [0.1, 0.15) is 60.3 Å². The highest BCUT2D eigenvalue weighted by Crippen LogP contribution is 2.45. The molecule has 0 aromatic carbocycles. The van der Waals surface area contributed by atoms with Crippen molar-refractivity contribution in [3.05, 3.63) is 12.2 Å². The number of hydrogen-bond acceptors (Lipinski definition) is 3. The van der Waals surface area contributed by atoms with Crippen LogP contribution in [0.3, 0.4) is 0 Å². The second kappa shape index (κ2) is 6.94. The summed E-state index contributed by atoms with van der Waals surface area (Å²) in [5, 5.41) is 3.83. The van der Waals surface area contributed by atoms with Crippen molar-refractivity contribution >= 4 is 6.09 Å². The van der Waals surface area contributed by atoms with Crippen LogP contribution in [0.25, 0.3) is 0 Å². The van der Waals surface area contributed by atoms with Crippen molar-refractivity contribution in [2.24, 2.45) is 23.2 Å². The molecule has 3 rings (SSSR count). The zero-order valence-corrected chi connectivity index (χ0v) is 16.7. The van der Waals surface area contributed by atoms with Gasteiger partial charge in [-0.1, -0.05) is 19.1 Å². The van der Waals surface area contributed by atoms with Gasteiger partial charge in [0.2, 0.25) is 0 Å². The van der Waals surface area contributed by atoms with Gasteiger partial charge in [-0.05, 0) is 76.5 Å². The summed E-state index contributed by atoms with van der Waals surface area (Å²) >= 11 is 0. The Hall–Kier alpha value is -1.03. The third kappa shape index (κ3) is 4.58. The van der Waals surface area contributed by atoms with Gasteiger partial charge in [-0.2, -0.15) is 0 Å². The quantitative estimate of drug-likeness (QED) is 0.774. The van der Waals surface area contributed by atoms with E-state index in [2.05, 4.69) is 31.3 Å². The molecule has 1 saturated carbocycles. The number of amides is 1. The first kappa shape index (κ1) is 18.8. The molecule has 3 aliphatic rings. The zero-order chi connectivity index (χ0) is 18.2. The monoisotopic (exact) mass is 348 g/mol. The number of hydrogen-bond donors (Lipinski definition) is 1. The van der Waals surface area contributed by atoms with Gasteiger partial charge < -0.3 is 15.0 Å². The normalized spacial score (nSPS) is 32.0. The molecule has 4 atom stereocenters. The topological polar surface area (TPSA) is 41.6 Å². The molecule has 0 radical (unpaired) electrons. The van der Waals surface area contributed by atoms with E-state index in [9.17, 15) is 4.79 Å². The van der Waals surface area contributed by atoms with Gasteiger partial charge in [-0.25, -0.2) is 4.79 Å². The summed E-state index contributed by atoms with van der Waals surface area (Å²) in [5.74, 6) is 2.45. The third-order valence-electron chi connectivity index (χ3n) is 6.45. The highest BCUT2D eigenvalue weighted by atomic mass is 16.6. The van der Waals surface area contributed by atoms with Crippen LogP contribution in [-0.4, -0.2) is 42.3 Å². The second-order valence-corrected chi connectivity index (χ2v) is 9.89. The fraction of sp³-hybridized carbons (Fsp3) is 0.857. The molecule has 1 N–H and O–H groups in total. The summed E-state index contributed by atoms with van der Waals surface area (Å²) in [5.41, 5.74) is -0.135. The minimum absolute atomic E-state index is 0.162. The Morgan fingerprint density at radius 2 is 1.96 bits per heavy atom. The van der Waals surface area contributed by atoms with E-state index in [0.29, 0.717) is 6.04 Å². The van der Waals surface area contributed by atoms with Crippen LogP contribution in [-0.2, 0) is 4.74 Å². The van der Waals surface area contributed by atoms with Gasteiger partial charge in [0, 0.05) is 25.7 Å². The van der Waals surface area contributed by atoms with Crippen LogP contribution in [0.2, 0.25) is 0 Å². The zero-order valence-electron chi connectivity index (χ0n) is 16.7. The molecular weight excluding hydrogens is 312 g/mol. The van der Waals surface area contributed by atoms with E-state index in [1.54, 1.807) is 0 Å². The second-order valence-electron chi connectivity index (χ2n) is 9.89. The van der Waals surface area contributed by atoms with E-state index < -0.39 is 5.60 Å². The van der Waals surface area contributed by atoms with E-state index in [-0.39, 0.29) is 11.5 Å². The molecule has 0 aromatic rings. The van der Waals surface area contributed by atoms with Crippen molar-refractivity contribution < 1.29 is 9.53 Å². The number of ether oxygens (including phenoxy) is 1. The van der Waals surface area contributed by atoms with E-state index in [4.69, 9.17) is 4.74 Å². The highest BCUT2D eigenvalue weighted by Gasteiger charge is 2.39. The van der Waals surface area contributed by atoms with Crippen LogP contribution in [0.15, 0.2) is 12.2 Å². The van der Waals surface area contributed by atoms with Crippen LogP contribution < -0.4 is 5.32 Å². The van der Waals surface area contributed by atoms with Crippen molar-refractivity contribution in [2.75, 3.05) is 19.6 Å². The number of allylic oxidation sites excluding steroid dienone is 2. The first-order valence-corrected chi connectivity index (χ1v) is 10.0. The Morgan fingerprint density at radius 1 is 1.28 bits per heavy atom. The van der Waals surface area contributed by atoms with Crippen LogP contribution in [0.5, 0.6) is 0 Å². The molecule has 0 aromatic heterocycles. The predicted octanol–water partition coefficient (Wildman–Crippen LogP) is 4.21. The Kier molecular flexibility index (Phi) is 5.21. The maximum absolute atomic E-state index is 12.2. The smallest absolute Gasteiger partial charge is 0.410 e. The lowest BCUT2D eigenvalue weighted by Crippen LogP contribution is -2.49. The third-order valence-corrected chi connectivity index (χ3v) is 6.45. The molecule has 1 saturated heterocycles. The average molecular weight is 349 g/mol. The van der Waals surface area contributed by atoms with Gasteiger partial charge in [0.25, 0.3) is 0 Å². The summed E-state index contributed by atoms with van der Waals surface area (Å²) in [7, 11) is 0. The summed E-state index contributed by atoms with van der Waals surface area (Å²) in [6, 6.07) is 0.584. The first-order chi connectivity index (χ1) is 11.7. The minimum Gasteiger partial charge on any atom is -0.444 e. The molecule has 2 bridgehead atoms. The molecule has 0 spiro atoms. The summed E-state index contributed by atoms with van der Waals surface area (Å²) in [6.45, 7) is 13.2. The molecule has 1 heterocycles. The number of fused-ring (bicyclic) bond motifs is 2. The lowest BCUT2D eigenvalue weighted by atomic mass is 9.79. The van der Waals surface area contributed by atoms with E-state index in [1.807, 2.05) is 25.7 Å².